The van der Waals surface area contributed by atoms with Crippen molar-refractivity contribution in [2.75, 3.05) is 0 Å². The molecule has 1 aliphatic rings. The van der Waals surface area contributed by atoms with Crippen molar-refractivity contribution in [1.29, 1.82) is 0 Å². The van der Waals surface area contributed by atoms with Gasteiger partial charge in [-0.1, -0.05) is 24.3 Å². The highest BCUT2D eigenvalue weighted by Crippen LogP contribution is 2.54. The van der Waals surface area contributed by atoms with Crippen LogP contribution in [-0.4, -0.2) is 26.5 Å². The maximum Gasteiger partial charge on any atom is 0.416 e. The molecule has 1 atom stereocenters. The van der Waals surface area contributed by atoms with Crippen LogP contribution in [0.1, 0.15) is 35.1 Å². The Morgan fingerprint density at radius 1 is 1.13 bits per heavy atom. The molecule has 1 fully saturated rings. The zero-order valence-electron chi connectivity index (χ0n) is 16.9. The third-order valence-corrected chi connectivity index (χ3v) is 5.55. The molecule has 1 heterocycles. The molecule has 0 N–H and O–H groups in total. The van der Waals surface area contributed by atoms with Crippen molar-refractivity contribution in [3.05, 3.63) is 75.2 Å². The number of alkyl halides is 3. The molecule has 3 aromatic rings. The van der Waals surface area contributed by atoms with Gasteiger partial charge in [-0.15, -0.1) is 5.16 Å². The summed E-state index contributed by atoms with van der Waals surface area (Å²) in [7, 11) is 1.46. The van der Waals surface area contributed by atoms with Crippen molar-refractivity contribution in [2.24, 2.45) is 18.1 Å². The number of aryl methyl sites for hydroxylation is 2. The van der Waals surface area contributed by atoms with Crippen molar-refractivity contribution in [1.82, 2.24) is 19.8 Å². The van der Waals surface area contributed by atoms with Crippen LogP contribution in [0.4, 0.5) is 13.2 Å². The predicted octanol–water partition coefficient (Wildman–Crippen LogP) is 3.58. The summed E-state index contributed by atoms with van der Waals surface area (Å²) in [6.45, 7) is 5.24. The molecule has 2 aromatic carbocycles. The molecular formula is C21H20F3N5O2. The van der Waals surface area contributed by atoms with Gasteiger partial charge < -0.3 is 4.84 Å². The van der Waals surface area contributed by atoms with Gasteiger partial charge in [0.15, 0.2) is 5.60 Å². The molecule has 0 spiro atoms. The SMILES string of the molecule is C=NOC(c1cccc(C(F)(F)F)c1)(c1c(C)cccc1-n1nnn(C)c1=O)C1CC1. The zero-order chi connectivity index (χ0) is 22.4. The van der Waals surface area contributed by atoms with Crippen molar-refractivity contribution in [3.8, 4) is 5.69 Å². The third-order valence-electron chi connectivity index (χ3n) is 5.55. The third kappa shape index (κ3) is 3.41. The molecule has 31 heavy (non-hydrogen) atoms. The van der Waals surface area contributed by atoms with Crippen LogP contribution >= 0.6 is 0 Å². The summed E-state index contributed by atoms with van der Waals surface area (Å²) in [6.07, 6.45) is -3.09. The van der Waals surface area contributed by atoms with Crippen molar-refractivity contribution >= 4 is 6.72 Å². The highest BCUT2D eigenvalue weighted by atomic mass is 19.4. The molecule has 0 bridgehead atoms. The first-order valence-corrected chi connectivity index (χ1v) is 9.61. The molecule has 7 nitrogen and oxygen atoms in total. The van der Waals surface area contributed by atoms with E-state index in [1.807, 2.05) is 0 Å². The van der Waals surface area contributed by atoms with Gasteiger partial charge in [-0.05, 0) is 54.0 Å². The number of hydrogen-bond donors (Lipinski definition) is 0. The van der Waals surface area contributed by atoms with Crippen LogP contribution in [0.15, 0.2) is 52.4 Å². The number of oxime groups is 1. The second-order valence-corrected chi connectivity index (χ2v) is 7.57. The summed E-state index contributed by atoms with van der Waals surface area (Å²) < 4.78 is 42.7. The van der Waals surface area contributed by atoms with E-state index in [1.54, 1.807) is 31.2 Å². The Labute approximate surface area is 175 Å². The number of aromatic nitrogens is 4. The lowest BCUT2D eigenvalue weighted by Gasteiger charge is -2.35. The number of nitrogens with zero attached hydrogens (tertiary/aromatic N) is 5. The van der Waals surface area contributed by atoms with Gasteiger partial charge in [0.25, 0.3) is 0 Å². The quantitative estimate of drug-likeness (QED) is 0.442. The standard InChI is InChI=1S/C21H20F3N5O2/c1-13-6-4-9-17(29-19(30)28(3)26-27-29)18(13)20(31-25-2,14-10-11-14)15-7-5-8-16(12-15)21(22,23)24/h4-9,12,14H,2,10-11H2,1,3H3. The Kier molecular flexibility index (Phi) is 4.95. The predicted molar refractivity (Wildman–Crippen MR) is 107 cm³/mol. The fourth-order valence-electron chi connectivity index (χ4n) is 4.05. The van der Waals surface area contributed by atoms with E-state index in [0.29, 0.717) is 16.8 Å². The maximum absolute atomic E-state index is 13.5. The van der Waals surface area contributed by atoms with Crippen molar-refractivity contribution in [2.45, 2.75) is 31.5 Å². The van der Waals surface area contributed by atoms with Crippen LogP contribution in [0, 0.1) is 12.8 Å². The summed E-state index contributed by atoms with van der Waals surface area (Å²) in [6, 6.07) is 10.2. The van der Waals surface area contributed by atoms with Gasteiger partial charge in [0.05, 0.1) is 11.3 Å². The molecule has 1 unspecified atom stereocenters. The van der Waals surface area contributed by atoms with E-state index in [4.69, 9.17) is 4.84 Å². The number of tetrazole rings is 1. The van der Waals surface area contributed by atoms with Crippen LogP contribution in [0.2, 0.25) is 0 Å². The number of hydrogen-bond acceptors (Lipinski definition) is 5. The van der Waals surface area contributed by atoms with E-state index >= 15 is 0 Å². The second-order valence-electron chi connectivity index (χ2n) is 7.57. The Balaban J connectivity index is 2.06. The van der Waals surface area contributed by atoms with Gasteiger partial charge in [-0.2, -0.15) is 22.5 Å². The van der Waals surface area contributed by atoms with Crippen LogP contribution in [0.25, 0.3) is 5.69 Å². The first kappa shape index (κ1) is 20.8. The Hall–Kier alpha value is -3.43. The average molecular weight is 431 g/mol. The van der Waals surface area contributed by atoms with Gasteiger partial charge >= 0.3 is 11.9 Å². The smallest absolute Gasteiger partial charge is 0.380 e. The van der Waals surface area contributed by atoms with Gasteiger partial charge in [0.2, 0.25) is 0 Å². The van der Waals surface area contributed by atoms with Crippen molar-refractivity contribution in [3.63, 3.8) is 0 Å². The zero-order valence-corrected chi connectivity index (χ0v) is 16.9. The number of benzene rings is 2. The Bertz CT molecular complexity index is 1200. The van der Waals surface area contributed by atoms with Crippen molar-refractivity contribution < 1.29 is 18.0 Å². The highest BCUT2D eigenvalue weighted by molar-refractivity contribution is 5.54. The first-order chi connectivity index (χ1) is 14.7. The van der Waals surface area contributed by atoms with E-state index in [-0.39, 0.29) is 11.5 Å². The van der Waals surface area contributed by atoms with E-state index in [9.17, 15) is 18.0 Å². The van der Waals surface area contributed by atoms with E-state index in [0.717, 1.165) is 34.3 Å². The minimum absolute atomic E-state index is 0.159. The molecule has 0 amide bonds. The summed E-state index contributed by atoms with van der Waals surface area (Å²) >= 11 is 0. The maximum atomic E-state index is 13.5. The fraction of sp³-hybridized carbons (Fsp3) is 0.333. The molecule has 10 heteroatoms. The molecule has 0 saturated heterocycles. The molecule has 162 valence electrons. The van der Waals surface area contributed by atoms with Crippen LogP contribution < -0.4 is 5.69 Å². The first-order valence-electron chi connectivity index (χ1n) is 9.61. The number of halogens is 3. The summed E-state index contributed by atoms with van der Waals surface area (Å²) in [4.78, 5) is 18.5. The van der Waals surface area contributed by atoms with Crippen LogP contribution in [0.3, 0.4) is 0 Å². The lowest BCUT2D eigenvalue weighted by atomic mass is 9.78. The minimum atomic E-state index is -4.52. The monoisotopic (exact) mass is 431 g/mol. The van der Waals surface area contributed by atoms with Gasteiger partial charge in [-0.3, -0.25) is 0 Å². The molecule has 1 aromatic heterocycles. The highest BCUT2D eigenvalue weighted by Gasteiger charge is 2.53. The Morgan fingerprint density at radius 2 is 1.81 bits per heavy atom. The minimum Gasteiger partial charge on any atom is -0.380 e. The molecule has 0 radical (unpaired) electrons. The van der Waals surface area contributed by atoms with Crippen LogP contribution in [0.5, 0.6) is 0 Å². The van der Waals surface area contributed by atoms with E-state index in [1.165, 1.54) is 13.1 Å². The summed E-state index contributed by atoms with van der Waals surface area (Å²) in [5, 5.41) is 11.3. The van der Waals surface area contributed by atoms with Crippen LogP contribution in [-0.2, 0) is 23.7 Å². The van der Waals surface area contributed by atoms with E-state index in [2.05, 4.69) is 22.3 Å². The lowest BCUT2D eigenvalue weighted by Crippen LogP contribution is -2.36. The van der Waals surface area contributed by atoms with E-state index < -0.39 is 23.0 Å². The molecular weight excluding hydrogens is 411 g/mol. The molecule has 4 rings (SSSR count). The number of rotatable bonds is 6. The average Bonchev–Trinajstić information content (AvgIpc) is 3.52. The Morgan fingerprint density at radius 3 is 2.39 bits per heavy atom. The van der Waals surface area contributed by atoms with Gasteiger partial charge in [0, 0.05) is 30.8 Å². The molecule has 1 saturated carbocycles. The summed E-state index contributed by atoms with van der Waals surface area (Å²) in [5.74, 6) is -0.159. The normalized spacial score (nSPS) is 16.0. The molecule has 0 aliphatic heterocycles. The second kappa shape index (κ2) is 7.36. The summed E-state index contributed by atoms with van der Waals surface area (Å²) in [5.41, 5.74) is -0.798. The fourth-order valence-corrected chi connectivity index (χ4v) is 4.05. The van der Waals surface area contributed by atoms with Gasteiger partial charge in [-0.25, -0.2) is 4.79 Å². The lowest BCUT2D eigenvalue weighted by molar-refractivity contribution is -0.137. The topological polar surface area (TPSA) is 74.3 Å². The largest absolute Gasteiger partial charge is 0.416 e. The molecule has 1 aliphatic carbocycles. The van der Waals surface area contributed by atoms with Gasteiger partial charge in [0.1, 0.15) is 0 Å².